The van der Waals surface area contributed by atoms with Crippen LogP contribution in [-0.2, 0) is 0 Å². The maximum absolute atomic E-state index is 9.67. The lowest BCUT2D eigenvalue weighted by atomic mass is 10.1. The molecule has 4 aromatic carbocycles. The van der Waals surface area contributed by atoms with Crippen LogP contribution in [0.1, 0.15) is 5.56 Å². The summed E-state index contributed by atoms with van der Waals surface area (Å²) in [6, 6.07) is 31.8. The molecule has 0 aliphatic heterocycles. The van der Waals surface area contributed by atoms with Crippen LogP contribution in [0.25, 0.3) is 47.7 Å². The highest BCUT2D eigenvalue weighted by Gasteiger charge is 2.16. The normalized spacial score (nSPS) is 11.5. The molecular weight excluding hydrogens is 360 g/mol. The summed E-state index contributed by atoms with van der Waals surface area (Å²) in [5, 5.41) is 14.7. The third-order valence-electron chi connectivity index (χ3n) is 5.44. The lowest BCUT2D eigenvalue weighted by Crippen LogP contribution is -1.96. The van der Waals surface area contributed by atoms with Crippen molar-refractivity contribution in [3.05, 3.63) is 90.5 Å². The molecule has 0 saturated carbocycles. The Kier molecular flexibility index (Phi) is 3.14. The van der Waals surface area contributed by atoms with E-state index in [0.717, 1.165) is 16.7 Å². The smallest absolute Gasteiger partial charge is 0.101 e. The van der Waals surface area contributed by atoms with E-state index in [1.54, 1.807) is 0 Å². The standard InChI is InChI=1S/C25H14N2S/c26-15-16-7-1-4-10-21(16)27-22-11-5-2-8-17(22)19-13-20-18-9-3-6-12-24(18)28-25(20)14-23(19)27/h1-14H. The fourth-order valence-electron chi connectivity index (χ4n) is 4.21. The first-order chi connectivity index (χ1) is 13.8. The van der Waals surface area contributed by atoms with Gasteiger partial charge >= 0.3 is 0 Å². The van der Waals surface area contributed by atoms with Crippen LogP contribution in [0.5, 0.6) is 0 Å². The van der Waals surface area contributed by atoms with Gasteiger partial charge in [0.15, 0.2) is 0 Å². The van der Waals surface area contributed by atoms with Crippen LogP contribution in [0.15, 0.2) is 84.9 Å². The molecule has 28 heavy (non-hydrogen) atoms. The minimum atomic E-state index is 0.682. The average Bonchev–Trinajstić information content (AvgIpc) is 3.27. The molecule has 3 heteroatoms. The fraction of sp³-hybridized carbons (Fsp3) is 0. The number of para-hydroxylation sites is 2. The number of hydrogen-bond donors (Lipinski definition) is 0. The number of thiophene rings is 1. The molecule has 0 amide bonds. The molecule has 0 aliphatic carbocycles. The Morgan fingerprint density at radius 2 is 1.39 bits per heavy atom. The summed E-state index contributed by atoms with van der Waals surface area (Å²) in [6.45, 7) is 0. The van der Waals surface area contributed by atoms with E-state index in [1.165, 1.54) is 30.9 Å². The second-order valence-electron chi connectivity index (χ2n) is 6.95. The van der Waals surface area contributed by atoms with Gasteiger partial charge in [0.1, 0.15) is 6.07 Å². The van der Waals surface area contributed by atoms with E-state index in [2.05, 4.69) is 71.3 Å². The van der Waals surface area contributed by atoms with E-state index in [1.807, 2.05) is 35.6 Å². The van der Waals surface area contributed by atoms with Gasteiger partial charge in [0.05, 0.1) is 22.3 Å². The van der Waals surface area contributed by atoms with Crippen molar-refractivity contribution in [3.8, 4) is 11.8 Å². The summed E-state index contributed by atoms with van der Waals surface area (Å²) in [5.41, 5.74) is 3.88. The van der Waals surface area contributed by atoms with Crippen LogP contribution in [0.4, 0.5) is 0 Å². The predicted octanol–water partition coefficient (Wildman–Crippen LogP) is 7.02. The summed E-state index contributed by atoms with van der Waals surface area (Å²) in [5.74, 6) is 0. The minimum absolute atomic E-state index is 0.682. The van der Waals surface area contributed by atoms with E-state index in [9.17, 15) is 5.26 Å². The first kappa shape index (κ1) is 15.4. The molecule has 0 unspecified atom stereocenters. The first-order valence-corrected chi connectivity index (χ1v) is 10.0. The van der Waals surface area contributed by atoms with E-state index >= 15 is 0 Å². The van der Waals surface area contributed by atoms with Crippen LogP contribution >= 0.6 is 11.3 Å². The zero-order valence-electron chi connectivity index (χ0n) is 14.9. The summed E-state index contributed by atoms with van der Waals surface area (Å²) in [6.07, 6.45) is 0. The van der Waals surface area contributed by atoms with Gasteiger partial charge in [-0.25, -0.2) is 0 Å². The number of benzene rings is 4. The molecule has 0 radical (unpaired) electrons. The summed E-state index contributed by atoms with van der Waals surface area (Å²) in [4.78, 5) is 0. The van der Waals surface area contributed by atoms with Gasteiger partial charge in [0.25, 0.3) is 0 Å². The Morgan fingerprint density at radius 3 is 2.29 bits per heavy atom. The zero-order chi connectivity index (χ0) is 18.7. The number of hydrogen-bond acceptors (Lipinski definition) is 2. The van der Waals surface area contributed by atoms with Crippen molar-refractivity contribution in [1.29, 1.82) is 5.26 Å². The van der Waals surface area contributed by atoms with Gasteiger partial charge in [-0.05, 0) is 36.4 Å². The maximum Gasteiger partial charge on any atom is 0.101 e. The van der Waals surface area contributed by atoms with Crippen LogP contribution in [-0.4, -0.2) is 4.57 Å². The summed E-state index contributed by atoms with van der Waals surface area (Å²) < 4.78 is 4.80. The molecule has 2 nitrogen and oxygen atoms in total. The topological polar surface area (TPSA) is 28.7 Å². The third kappa shape index (κ3) is 2.01. The molecule has 2 heterocycles. The van der Waals surface area contributed by atoms with Crippen molar-refractivity contribution in [2.75, 3.05) is 0 Å². The van der Waals surface area contributed by atoms with E-state index in [4.69, 9.17) is 0 Å². The van der Waals surface area contributed by atoms with Crippen molar-refractivity contribution in [2.45, 2.75) is 0 Å². The van der Waals surface area contributed by atoms with Crippen LogP contribution < -0.4 is 0 Å². The summed E-state index contributed by atoms with van der Waals surface area (Å²) >= 11 is 1.82. The second kappa shape index (κ2) is 5.69. The van der Waals surface area contributed by atoms with Crippen molar-refractivity contribution < 1.29 is 0 Å². The van der Waals surface area contributed by atoms with Gasteiger partial charge in [-0.2, -0.15) is 5.26 Å². The maximum atomic E-state index is 9.67. The SMILES string of the molecule is N#Cc1ccccc1-n1c2ccccc2c2cc3c(cc21)sc1ccccc13. The Bertz CT molecular complexity index is 1580. The molecule has 130 valence electrons. The lowest BCUT2D eigenvalue weighted by molar-refractivity contribution is 1.17. The predicted molar refractivity (Wildman–Crippen MR) is 118 cm³/mol. The minimum Gasteiger partial charge on any atom is -0.308 e. The number of rotatable bonds is 1. The van der Waals surface area contributed by atoms with Crippen molar-refractivity contribution in [3.63, 3.8) is 0 Å². The molecule has 0 aliphatic rings. The molecule has 0 bridgehead atoms. The van der Waals surface area contributed by atoms with Gasteiger partial charge in [-0.1, -0.05) is 48.5 Å². The molecule has 6 rings (SSSR count). The van der Waals surface area contributed by atoms with Crippen molar-refractivity contribution in [2.24, 2.45) is 0 Å². The quantitative estimate of drug-likeness (QED) is 0.304. The number of fused-ring (bicyclic) bond motifs is 6. The third-order valence-corrected chi connectivity index (χ3v) is 6.57. The highest BCUT2D eigenvalue weighted by atomic mass is 32.1. The zero-order valence-corrected chi connectivity index (χ0v) is 15.7. The number of nitrogens with zero attached hydrogens (tertiary/aromatic N) is 2. The van der Waals surface area contributed by atoms with E-state index < -0.39 is 0 Å². The molecule has 2 aromatic heterocycles. The number of aromatic nitrogens is 1. The van der Waals surface area contributed by atoms with E-state index in [-0.39, 0.29) is 0 Å². The van der Waals surface area contributed by atoms with Gasteiger partial charge in [-0.3, -0.25) is 0 Å². The Labute approximate surface area is 165 Å². The molecular formula is C25H14N2S. The number of nitriles is 1. The summed E-state index contributed by atoms with van der Waals surface area (Å²) in [7, 11) is 0. The molecule has 0 spiro atoms. The van der Waals surface area contributed by atoms with Crippen LogP contribution in [0, 0.1) is 11.3 Å². The molecule has 0 fully saturated rings. The lowest BCUT2D eigenvalue weighted by Gasteiger charge is -2.09. The largest absolute Gasteiger partial charge is 0.308 e. The van der Waals surface area contributed by atoms with E-state index in [0.29, 0.717) is 5.56 Å². The Balaban J connectivity index is 1.85. The molecule has 6 aromatic rings. The fourth-order valence-corrected chi connectivity index (χ4v) is 5.33. The highest BCUT2D eigenvalue weighted by molar-refractivity contribution is 7.25. The van der Waals surface area contributed by atoms with Crippen molar-refractivity contribution >= 4 is 53.3 Å². The van der Waals surface area contributed by atoms with Gasteiger partial charge in [-0.15, -0.1) is 11.3 Å². The molecule has 0 atom stereocenters. The molecule has 0 N–H and O–H groups in total. The second-order valence-corrected chi connectivity index (χ2v) is 8.03. The van der Waals surface area contributed by atoms with Gasteiger partial charge < -0.3 is 4.57 Å². The Morgan fingerprint density at radius 1 is 0.643 bits per heavy atom. The van der Waals surface area contributed by atoms with Crippen LogP contribution in [0.3, 0.4) is 0 Å². The van der Waals surface area contributed by atoms with Crippen molar-refractivity contribution in [1.82, 2.24) is 4.57 Å². The molecule has 0 saturated heterocycles. The Hall–Kier alpha value is -3.61. The first-order valence-electron chi connectivity index (χ1n) is 9.19. The van der Waals surface area contributed by atoms with Gasteiger partial charge in [0, 0.05) is 30.9 Å². The monoisotopic (exact) mass is 374 g/mol. The average molecular weight is 374 g/mol. The highest BCUT2D eigenvalue weighted by Crippen LogP contribution is 2.40. The van der Waals surface area contributed by atoms with Gasteiger partial charge in [0.2, 0.25) is 0 Å². The van der Waals surface area contributed by atoms with Crippen LogP contribution in [0.2, 0.25) is 0 Å².